The molecule has 2 rings (SSSR count). The molecule has 1 heterocycles. The molecule has 0 amide bonds. The summed E-state index contributed by atoms with van der Waals surface area (Å²) in [5.41, 5.74) is 1.64. The lowest BCUT2D eigenvalue weighted by Crippen LogP contribution is -2.25. The van der Waals surface area contributed by atoms with Gasteiger partial charge in [0.2, 0.25) is 0 Å². The van der Waals surface area contributed by atoms with Gasteiger partial charge in [-0.1, -0.05) is 0 Å². The van der Waals surface area contributed by atoms with E-state index in [9.17, 15) is 4.79 Å². The van der Waals surface area contributed by atoms with E-state index in [0.29, 0.717) is 18.7 Å². The number of ketones is 1. The van der Waals surface area contributed by atoms with Crippen molar-refractivity contribution in [2.75, 3.05) is 13.6 Å². The monoisotopic (exact) mass is 245 g/mol. The van der Waals surface area contributed by atoms with E-state index < -0.39 is 0 Å². The second-order valence-electron chi connectivity index (χ2n) is 4.27. The first-order valence-electron chi connectivity index (χ1n) is 5.67. The lowest BCUT2D eigenvalue weighted by molar-refractivity contribution is 0.0943. The van der Waals surface area contributed by atoms with Crippen LogP contribution in [0.5, 0.6) is 5.75 Å². The Bertz CT molecular complexity index is 502. The molecule has 1 N–H and O–H groups in total. The zero-order chi connectivity index (χ0) is 13.0. The highest BCUT2D eigenvalue weighted by atomic mass is 16.3. The number of carbonyl (C=O) groups excluding carboxylic acids is 1. The summed E-state index contributed by atoms with van der Waals surface area (Å²) in [6.07, 6.45) is 3.28. The Hall–Kier alpha value is -2.07. The van der Waals surface area contributed by atoms with Crippen LogP contribution >= 0.6 is 0 Å². The van der Waals surface area contributed by atoms with Crippen molar-refractivity contribution in [2.45, 2.75) is 6.54 Å². The summed E-state index contributed by atoms with van der Waals surface area (Å²) in [5, 5.41) is 9.16. The molecule has 0 atom stereocenters. The van der Waals surface area contributed by atoms with Crippen molar-refractivity contribution in [3.05, 3.63) is 54.0 Å². The Labute approximate surface area is 105 Å². The minimum atomic E-state index is 0.0287. The lowest BCUT2D eigenvalue weighted by Gasteiger charge is -2.14. The highest BCUT2D eigenvalue weighted by Gasteiger charge is 2.10. The van der Waals surface area contributed by atoms with Gasteiger partial charge in [0.25, 0.3) is 0 Å². The van der Waals surface area contributed by atoms with Gasteiger partial charge >= 0.3 is 0 Å². The zero-order valence-corrected chi connectivity index (χ0v) is 10.2. The Morgan fingerprint density at radius 3 is 2.61 bits per heavy atom. The van der Waals surface area contributed by atoms with Crippen molar-refractivity contribution in [1.82, 2.24) is 4.90 Å². The Morgan fingerprint density at radius 2 is 2.00 bits per heavy atom. The summed E-state index contributed by atoms with van der Waals surface area (Å²) in [6, 6.07) is 8.17. The number of hydrogen-bond acceptors (Lipinski definition) is 4. The summed E-state index contributed by atoms with van der Waals surface area (Å²) in [4.78, 5) is 13.9. The Kier molecular flexibility index (Phi) is 3.79. The van der Waals surface area contributed by atoms with Crippen LogP contribution in [0, 0.1) is 0 Å². The fourth-order valence-corrected chi connectivity index (χ4v) is 1.73. The number of aromatic hydroxyl groups is 1. The highest BCUT2D eigenvalue weighted by molar-refractivity contribution is 5.97. The van der Waals surface area contributed by atoms with Gasteiger partial charge in [-0.25, -0.2) is 0 Å². The third-order valence-corrected chi connectivity index (χ3v) is 2.64. The average Bonchev–Trinajstić information content (AvgIpc) is 2.82. The molecule has 0 bridgehead atoms. The van der Waals surface area contributed by atoms with Crippen molar-refractivity contribution in [2.24, 2.45) is 0 Å². The molecule has 0 aliphatic carbocycles. The number of carbonyl (C=O) groups is 1. The van der Waals surface area contributed by atoms with Crippen molar-refractivity contribution in [3.63, 3.8) is 0 Å². The molecule has 0 fully saturated rings. The second-order valence-corrected chi connectivity index (χ2v) is 4.27. The van der Waals surface area contributed by atoms with Crippen molar-refractivity contribution in [1.29, 1.82) is 0 Å². The molecule has 0 radical (unpaired) electrons. The molecule has 4 heteroatoms. The van der Waals surface area contributed by atoms with E-state index >= 15 is 0 Å². The molecule has 18 heavy (non-hydrogen) atoms. The maximum absolute atomic E-state index is 11.9. The molecule has 2 aromatic rings. The molecule has 94 valence electrons. The summed E-state index contributed by atoms with van der Waals surface area (Å²) >= 11 is 0. The average molecular weight is 245 g/mol. The van der Waals surface area contributed by atoms with Crippen molar-refractivity contribution in [3.8, 4) is 5.75 Å². The Morgan fingerprint density at radius 1 is 1.28 bits per heavy atom. The molecule has 0 unspecified atom stereocenters. The zero-order valence-electron chi connectivity index (χ0n) is 10.2. The van der Waals surface area contributed by atoms with Gasteiger partial charge in [-0.15, -0.1) is 0 Å². The molecule has 0 aliphatic heterocycles. The number of likely N-dealkylation sites (N-methyl/N-ethyl adjacent to an activating group) is 1. The number of rotatable bonds is 5. The van der Waals surface area contributed by atoms with Crippen molar-refractivity contribution >= 4 is 5.78 Å². The maximum Gasteiger partial charge on any atom is 0.176 e. The first-order chi connectivity index (χ1) is 8.65. The van der Waals surface area contributed by atoms with Crippen LogP contribution in [-0.2, 0) is 6.54 Å². The van der Waals surface area contributed by atoms with E-state index in [1.165, 1.54) is 12.1 Å². The largest absolute Gasteiger partial charge is 0.508 e. The molecule has 1 aromatic carbocycles. The number of benzene rings is 1. The van der Waals surface area contributed by atoms with Gasteiger partial charge in [-0.3, -0.25) is 9.69 Å². The van der Waals surface area contributed by atoms with E-state index in [1.54, 1.807) is 24.7 Å². The summed E-state index contributed by atoms with van der Waals surface area (Å²) < 4.78 is 4.98. The third kappa shape index (κ3) is 3.21. The number of phenolic OH excluding ortho intramolecular Hbond substituents is 1. The lowest BCUT2D eigenvalue weighted by atomic mass is 10.1. The predicted molar refractivity (Wildman–Crippen MR) is 67.5 cm³/mol. The SMILES string of the molecule is CN(CC(=O)c1ccc(O)cc1)Cc1ccoc1. The van der Waals surface area contributed by atoms with Crippen LogP contribution in [0.1, 0.15) is 15.9 Å². The summed E-state index contributed by atoms with van der Waals surface area (Å²) in [6.45, 7) is 0.996. The predicted octanol–water partition coefficient (Wildman–Crippen LogP) is 2.30. The van der Waals surface area contributed by atoms with Crippen LogP contribution in [0.25, 0.3) is 0 Å². The number of hydrogen-bond donors (Lipinski definition) is 1. The summed E-state index contributed by atoms with van der Waals surface area (Å²) in [5.74, 6) is 0.194. The number of Topliss-reactive ketones (excluding diaryl/α,β-unsaturated/α-hetero) is 1. The van der Waals surface area contributed by atoms with Gasteiger partial charge in [0.15, 0.2) is 5.78 Å². The van der Waals surface area contributed by atoms with Crippen LogP contribution in [0.15, 0.2) is 47.3 Å². The molecule has 0 aliphatic rings. The van der Waals surface area contributed by atoms with Gasteiger partial charge in [-0.05, 0) is 37.4 Å². The smallest absolute Gasteiger partial charge is 0.176 e. The number of phenols is 1. The number of furan rings is 1. The molecule has 0 spiro atoms. The molecule has 1 aromatic heterocycles. The fourth-order valence-electron chi connectivity index (χ4n) is 1.73. The van der Waals surface area contributed by atoms with E-state index in [0.717, 1.165) is 5.56 Å². The van der Waals surface area contributed by atoms with Crippen molar-refractivity contribution < 1.29 is 14.3 Å². The maximum atomic E-state index is 11.9. The fraction of sp³-hybridized carbons (Fsp3) is 0.214. The normalized spacial score (nSPS) is 10.8. The van der Waals surface area contributed by atoms with Crippen LogP contribution in [0.4, 0.5) is 0 Å². The van der Waals surface area contributed by atoms with Crippen LogP contribution in [0.2, 0.25) is 0 Å². The molecule has 4 nitrogen and oxygen atoms in total. The van der Waals surface area contributed by atoms with Gasteiger partial charge in [0, 0.05) is 17.7 Å². The van der Waals surface area contributed by atoms with E-state index in [4.69, 9.17) is 9.52 Å². The second kappa shape index (κ2) is 5.51. The number of nitrogens with zero attached hydrogens (tertiary/aromatic N) is 1. The minimum absolute atomic E-state index is 0.0287. The van der Waals surface area contributed by atoms with Crippen LogP contribution < -0.4 is 0 Å². The first kappa shape index (κ1) is 12.4. The van der Waals surface area contributed by atoms with Gasteiger partial charge < -0.3 is 9.52 Å². The van der Waals surface area contributed by atoms with E-state index in [2.05, 4.69) is 0 Å². The standard InChI is InChI=1S/C14H15NO3/c1-15(8-11-6-7-18-10-11)9-14(17)12-2-4-13(16)5-3-12/h2-7,10,16H,8-9H2,1H3. The Balaban J connectivity index is 1.92. The molecular formula is C14H15NO3. The van der Waals surface area contributed by atoms with Gasteiger partial charge in [-0.2, -0.15) is 0 Å². The quantitative estimate of drug-likeness (QED) is 0.821. The topological polar surface area (TPSA) is 53.7 Å². The highest BCUT2D eigenvalue weighted by Crippen LogP contribution is 2.11. The molecule has 0 saturated carbocycles. The van der Waals surface area contributed by atoms with E-state index in [1.807, 2.05) is 18.0 Å². The van der Waals surface area contributed by atoms with E-state index in [-0.39, 0.29) is 11.5 Å². The van der Waals surface area contributed by atoms with Crippen LogP contribution in [-0.4, -0.2) is 29.4 Å². The van der Waals surface area contributed by atoms with Gasteiger partial charge in [0.1, 0.15) is 5.75 Å². The summed E-state index contributed by atoms with van der Waals surface area (Å²) in [7, 11) is 1.88. The van der Waals surface area contributed by atoms with Gasteiger partial charge in [0.05, 0.1) is 19.1 Å². The first-order valence-corrected chi connectivity index (χ1v) is 5.67. The molecular weight excluding hydrogens is 230 g/mol. The molecule has 0 saturated heterocycles. The minimum Gasteiger partial charge on any atom is -0.508 e. The third-order valence-electron chi connectivity index (χ3n) is 2.64. The van der Waals surface area contributed by atoms with Crippen LogP contribution in [0.3, 0.4) is 0 Å².